The molecular weight excluding hydrogens is 460 g/mol. The van der Waals surface area contributed by atoms with E-state index >= 15 is 0 Å². The number of H-pyrrole nitrogens is 1. The van der Waals surface area contributed by atoms with Gasteiger partial charge in [-0.2, -0.15) is 0 Å². The van der Waals surface area contributed by atoms with E-state index in [1.165, 1.54) is 0 Å². The number of nitrogens with zero attached hydrogens (tertiary/aromatic N) is 1. The lowest BCUT2D eigenvalue weighted by Crippen LogP contribution is -2.41. The van der Waals surface area contributed by atoms with Gasteiger partial charge in [0.15, 0.2) is 0 Å². The average molecular weight is 483 g/mol. The molecule has 3 N–H and O–H groups in total. The highest BCUT2D eigenvalue weighted by Crippen LogP contribution is 2.33. The fourth-order valence-electron chi connectivity index (χ4n) is 4.18. The predicted molar refractivity (Wildman–Crippen MR) is 139 cm³/mol. The number of aromatic nitrogens is 2. The van der Waals surface area contributed by atoms with Crippen LogP contribution in [0.5, 0.6) is 0 Å². The lowest BCUT2D eigenvalue weighted by atomic mass is 10.0. The zero-order valence-electron chi connectivity index (χ0n) is 18.8. The number of hydrazine groups is 1. The van der Waals surface area contributed by atoms with Crippen molar-refractivity contribution in [1.82, 2.24) is 20.8 Å². The van der Waals surface area contributed by atoms with Crippen LogP contribution in [-0.2, 0) is 11.2 Å². The van der Waals surface area contributed by atoms with Gasteiger partial charge in [-0.05, 0) is 60.9 Å². The number of aromatic amines is 1. The first kappa shape index (κ1) is 22.6. The summed E-state index contributed by atoms with van der Waals surface area (Å²) in [5, 5.41) is 2.74. The highest BCUT2D eigenvalue weighted by molar-refractivity contribution is 6.31. The minimum absolute atomic E-state index is 0.252. The van der Waals surface area contributed by atoms with E-state index in [-0.39, 0.29) is 18.2 Å². The van der Waals surface area contributed by atoms with Gasteiger partial charge in [-0.3, -0.25) is 20.4 Å². The zero-order valence-corrected chi connectivity index (χ0v) is 19.6. The molecule has 2 aromatic heterocycles. The number of fused-ring (bicyclic) bond motifs is 2. The second-order valence-corrected chi connectivity index (χ2v) is 8.72. The number of hydrogen-bond donors (Lipinski definition) is 3. The van der Waals surface area contributed by atoms with Crippen molar-refractivity contribution in [3.05, 3.63) is 101 Å². The van der Waals surface area contributed by atoms with Crippen molar-refractivity contribution in [2.75, 3.05) is 0 Å². The first-order valence-corrected chi connectivity index (χ1v) is 11.8. The summed E-state index contributed by atoms with van der Waals surface area (Å²) in [5.41, 5.74) is 10.1. The molecule has 0 aliphatic carbocycles. The number of pyridine rings is 1. The monoisotopic (exact) mass is 482 g/mol. The van der Waals surface area contributed by atoms with Crippen molar-refractivity contribution in [3.63, 3.8) is 0 Å². The number of benzene rings is 3. The summed E-state index contributed by atoms with van der Waals surface area (Å²) in [6.07, 6.45) is 1.49. The van der Waals surface area contributed by atoms with Crippen LogP contribution in [0.15, 0.2) is 84.9 Å². The van der Waals surface area contributed by atoms with Crippen molar-refractivity contribution in [2.45, 2.75) is 19.3 Å². The number of nitrogens with one attached hydrogen (secondary N) is 3. The third-order valence-electron chi connectivity index (χ3n) is 5.90. The molecule has 0 bridgehead atoms. The molecule has 5 aromatic rings. The molecule has 5 rings (SSSR count). The van der Waals surface area contributed by atoms with Gasteiger partial charge in [-0.15, -0.1) is 0 Å². The smallest absolute Gasteiger partial charge is 0.269 e. The summed E-state index contributed by atoms with van der Waals surface area (Å²) in [7, 11) is 0. The van der Waals surface area contributed by atoms with E-state index < -0.39 is 0 Å². The van der Waals surface area contributed by atoms with Gasteiger partial charge in [-0.1, -0.05) is 54.1 Å². The molecule has 0 atom stereocenters. The molecule has 7 heteroatoms. The van der Waals surface area contributed by atoms with Crippen LogP contribution in [0.25, 0.3) is 33.2 Å². The van der Waals surface area contributed by atoms with Gasteiger partial charge >= 0.3 is 0 Å². The van der Waals surface area contributed by atoms with Gasteiger partial charge in [0.2, 0.25) is 5.91 Å². The molecular formula is C28H23ClN4O2. The largest absolute Gasteiger partial charge is 0.353 e. The van der Waals surface area contributed by atoms with E-state index in [9.17, 15) is 9.59 Å². The normalized spacial score (nSPS) is 11.0. The van der Waals surface area contributed by atoms with E-state index in [1.54, 1.807) is 24.3 Å². The number of amides is 2. The molecule has 6 nitrogen and oxygen atoms in total. The number of carbonyl (C=O) groups excluding carboxylic acids is 2. The summed E-state index contributed by atoms with van der Waals surface area (Å²) in [6, 6.07) is 26.5. The van der Waals surface area contributed by atoms with Crippen molar-refractivity contribution < 1.29 is 9.59 Å². The minimum Gasteiger partial charge on any atom is -0.353 e. The van der Waals surface area contributed by atoms with Gasteiger partial charge in [-0.25, -0.2) is 4.98 Å². The maximum absolute atomic E-state index is 12.4. The zero-order chi connectivity index (χ0) is 24.2. The Morgan fingerprint density at radius 3 is 2.54 bits per heavy atom. The number of carbonyl (C=O) groups is 2. The van der Waals surface area contributed by atoms with Gasteiger partial charge in [0.25, 0.3) is 5.91 Å². The number of aryl methyl sites for hydroxylation is 1. The van der Waals surface area contributed by atoms with E-state index in [1.807, 2.05) is 54.6 Å². The first-order chi connectivity index (χ1) is 17.1. The highest BCUT2D eigenvalue weighted by Gasteiger charge is 2.16. The van der Waals surface area contributed by atoms with Crippen LogP contribution < -0.4 is 10.9 Å². The van der Waals surface area contributed by atoms with Crippen LogP contribution >= 0.6 is 11.6 Å². The molecule has 0 saturated carbocycles. The molecule has 0 unspecified atom stereocenters. The first-order valence-electron chi connectivity index (χ1n) is 11.4. The summed E-state index contributed by atoms with van der Waals surface area (Å²) in [4.78, 5) is 32.8. The molecule has 2 amide bonds. The van der Waals surface area contributed by atoms with E-state index in [4.69, 9.17) is 16.6 Å². The lowest BCUT2D eigenvalue weighted by Gasteiger charge is -2.08. The van der Waals surface area contributed by atoms with Crippen molar-refractivity contribution >= 4 is 45.2 Å². The van der Waals surface area contributed by atoms with Gasteiger partial charge in [0, 0.05) is 33.3 Å². The van der Waals surface area contributed by atoms with Crippen LogP contribution in [0.1, 0.15) is 28.8 Å². The molecule has 2 heterocycles. The molecule has 35 heavy (non-hydrogen) atoms. The predicted octanol–water partition coefficient (Wildman–Crippen LogP) is 5.82. The van der Waals surface area contributed by atoms with Crippen molar-refractivity contribution in [1.29, 1.82) is 0 Å². The van der Waals surface area contributed by atoms with Crippen molar-refractivity contribution in [3.8, 4) is 11.4 Å². The quantitative estimate of drug-likeness (QED) is 0.266. The van der Waals surface area contributed by atoms with Crippen molar-refractivity contribution in [2.24, 2.45) is 0 Å². The molecule has 0 radical (unpaired) electrons. The number of rotatable bonds is 6. The Bertz CT molecular complexity index is 1530. The minimum atomic E-state index is -0.352. The molecule has 0 aliphatic heterocycles. The third kappa shape index (κ3) is 5.03. The van der Waals surface area contributed by atoms with E-state index in [2.05, 4.69) is 21.9 Å². The van der Waals surface area contributed by atoms with Crippen LogP contribution in [0.3, 0.4) is 0 Å². The van der Waals surface area contributed by atoms with E-state index in [0.717, 1.165) is 38.8 Å². The average Bonchev–Trinajstić information content (AvgIpc) is 3.25. The lowest BCUT2D eigenvalue weighted by molar-refractivity contribution is -0.121. The third-order valence-corrected chi connectivity index (χ3v) is 6.14. The SMILES string of the molecule is O=C(CCCc1c(-c2ccc3ccccc3n2)[nH]c2ccc(Cl)cc12)NNC(=O)c1ccccc1. The summed E-state index contributed by atoms with van der Waals surface area (Å²) >= 11 is 6.30. The van der Waals surface area contributed by atoms with Crippen LogP contribution in [0.4, 0.5) is 0 Å². The number of para-hydroxylation sites is 1. The molecule has 0 spiro atoms. The standard InChI is InChI=1S/C28H23ClN4O2/c29-20-14-16-24-22(17-20)21(27(31-24)25-15-13-18-7-4-5-11-23(18)30-25)10-6-12-26(34)32-33-28(35)19-8-2-1-3-9-19/h1-5,7-9,11,13-17,31H,6,10,12H2,(H,32,34)(H,33,35). The Morgan fingerprint density at radius 1 is 0.886 bits per heavy atom. The Balaban J connectivity index is 1.32. The molecule has 0 saturated heterocycles. The highest BCUT2D eigenvalue weighted by atomic mass is 35.5. The fraction of sp³-hybridized carbons (Fsp3) is 0.107. The summed E-state index contributed by atoms with van der Waals surface area (Å²) in [6.45, 7) is 0. The second kappa shape index (κ2) is 9.99. The van der Waals surface area contributed by atoms with Crippen LogP contribution in [0.2, 0.25) is 5.02 Å². The molecule has 3 aromatic carbocycles. The second-order valence-electron chi connectivity index (χ2n) is 8.28. The Hall–Kier alpha value is -4.16. The Kier molecular flexibility index (Phi) is 6.46. The fourth-order valence-corrected chi connectivity index (χ4v) is 4.35. The van der Waals surface area contributed by atoms with Gasteiger partial charge < -0.3 is 4.98 Å². The summed E-state index contributed by atoms with van der Waals surface area (Å²) < 4.78 is 0. The summed E-state index contributed by atoms with van der Waals surface area (Å²) in [5.74, 6) is -0.604. The maximum Gasteiger partial charge on any atom is 0.269 e. The Morgan fingerprint density at radius 2 is 1.69 bits per heavy atom. The number of hydrogen-bond acceptors (Lipinski definition) is 3. The topological polar surface area (TPSA) is 86.9 Å². The number of halogens is 1. The Labute approximate surface area is 207 Å². The van der Waals surface area contributed by atoms with Crippen LogP contribution in [-0.4, -0.2) is 21.8 Å². The maximum atomic E-state index is 12.4. The molecule has 0 fully saturated rings. The van der Waals surface area contributed by atoms with Gasteiger partial charge in [0.1, 0.15) is 0 Å². The molecule has 174 valence electrons. The molecule has 0 aliphatic rings. The van der Waals surface area contributed by atoms with Crippen LogP contribution in [0, 0.1) is 0 Å². The van der Waals surface area contributed by atoms with Gasteiger partial charge in [0.05, 0.1) is 16.9 Å². The van der Waals surface area contributed by atoms with E-state index in [0.29, 0.717) is 23.4 Å².